The molecule has 27 heavy (non-hydrogen) atoms. The summed E-state index contributed by atoms with van der Waals surface area (Å²) in [6.07, 6.45) is 0. The van der Waals surface area contributed by atoms with Gasteiger partial charge in [0, 0.05) is 52.0 Å². The van der Waals surface area contributed by atoms with E-state index in [1.54, 1.807) is 0 Å². The van der Waals surface area contributed by atoms with Crippen LogP contribution in [0.3, 0.4) is 0 Å². The average Bonchev–Trinajstić information content (AvgIpc) is 2.61. The third kappa shape index (κ3) is 3.86. The van der Waals surface area contributed by atoms with Crippen molar-refractivity contribution in [3.05, 3.63) is 41.6 Å². The first-order chi connectivity index (χ1) is 12.7. The molecule has 2 heterocycles. The molecular formula is C17H21F2N5O2S. The Morgan fingerprint density at radius 2 is 1.63 bits per heavy atom. The molecule has 146 valence electrons. The minimum atomic E-state index is -4.25. The topological polar surface area (TPSA) is 69.6 Å². The lowest BCUT2D eigenvalue weighted by molar-refractivity contribution is 0.376. The summed E-state index contributed by atoms with van der Waals surface area (Å²) in [7, 11) is -0.503. The second-order valence-electron chi connectivity index (χ2n) is 6.50. The van der Waals surface area contributed by atoms with Crippen molar-refractivity contribution in [1.29, 1.82) is 0 Å². The van der Waals surface area contributed by atoms with Gasteiger partial charge >= 0.3 is 0 Å². The molecule has 1 aliphatic heterocycles. The van der Waals surface area contributed by atoms with Crippen molar-refractivity contribution < 1.29 is 17.2 Å². The molecule has 1 fully saturated rings. The maximum atomic E-state index is 13.9. The SMILES string of the molecule is Cc1cc(N(C)C)nc(N2CCN(S(=O)(=O)c3c(F)cccc3F)CC2)n1. The lowest BCUT2D eigenvalue weighted by Crippen LogP contribution is -2.49. The van der Waals surface area contributed by atoms with Gasteiger partial charge in [0.05, 0.1) is 0 Å². The quantitative estimate of drug-likeness (QED) is 0.781. The summed E-state index contributed by atoms with van der Waals surface area (Å²) in [4.78, 5) is 11.7. The zero-order chi connectivity index (χ0) is 19.8. The summed E-state index contributed by atoms with van der Waals surface area (Å²) in [6, 6.07) is 4.87. The zero-order valence-corrected chi connectivity index (χ0v) is 16.2. The molecule has 0 unspecified atom stereocenters. The number of rotatable bonds is 4. The maximum absolute atomic E-state index is 13.9. The number of nitrogens with zero attached hydrogens (tertiary/aromatic N) is 5. The maximum Gasteiger partial charge on any atom is 0.249 e. The smallest absolute Gasteiger partial charge is 0.249 e. The van der Waals surface area contributed by atoms with E-state index in [4.69, 9.17) is 0 Å². The van der Waals surface area contributed by atoms with Crippen LogP contribution >= 0.6 is 0 Å². The fraction of sp³-hybridized carbons (Fsp3) is 0.412. The van der Waals surface area contributed by atoms with Gasteiger partial charge in [0.2, 0.25) is 16.0 Å². The Morgan fingerprint density at radius 3 is 2.19 bits per heavy atom. The van der Waals surface area contributed by atoms with E-state index in [2.05, 4.69) is 9.97 Å². The number of hydrogen-bond acceptors (Lipinski definition) is 6. The van der Waals surface area contributed by atoms with Gasteiger partial charge in [-0.25, -0.2) is 22.2 Å². The Labute approximate surface area is 157 Å². The fourth-order valence-corrected chi connectivity index (χ4v) is 4.42. The highest BCUT2D eigenvalue weighted by molar-refractivity contribution is 7.89. The highest BCUT2D eigenvalue weighted by atomic mass is 32.2. The minimum absolute atomic E-state index is 0.0880. The molecule has 1 aromatic heterocycles. The van der Waals surface area contributed by atoms with Gasteiger partial charge in [0.15, 0.2) is 4.90 Å². The molecule has 1 aromatic carbocycles. The Kier molecular flexibility index (Phi) is 5.29. The van der Waals surface area contributed by atoms with Crippen LogP contribution in [0.25, 0.3) is 0 Å². The molecule has 1 saturated heterocycles. The highest BCUT2D eigenvalue weighted by Crippen LogP contribution is 2.24. The Hall–Kier alpha value is -2.33. The molecule has 0 radical (unpaired) electrons. The number of aromatic nitrogens is 2. The monoisotopic (exact) mass is 397 g/mol. The van der Waals surface area contributed by atoms with Gasteiger partial charge < -0.3 is 9.80 Å². The molecule has 0 atom stereocenters. The zero-order valence-electron chi connectivity index (χ0n) is 15.4. The molecule has 0 spiro atoms. The number of hydrogen-bond donors (Lipinski definition) is 0. The van der Waals surface area contributed by atoms with E-state index in [1.807, 2.05) is 36.9 Å². The summed E-state index contributed by atoms with van der Waals surface area (Å²) in [5.74, 6) is -0.918. The number of anilines is 2. The predicted octanol–water partition coefficient (Wildman–Crippen LogP) is 1.64. The molecule has 10 heteroatoms. The largest absolute Gasteiger partial charge is 0.363 e. The minimum Gasteiger partial charge on any atom is -0.363 e. The lowest BCUT2D eigenvalue weighted by atomic mass is 10.3. The summed E-state index contributed by atoms with van der Waals surface area (Å²) in [5, 5.41) is 0. The van der Waals surface area contributed by atoms with E-state index in [0.717, 1.165) is 34.0 Å². The molecule has 2 aromatic rings. The second-order valence-corrected chi connectivity index (χ2v) is 8.38. The van der Waals surface area contributed by atoms with Crippen molar-refractivity contribution in [3.63, 3.8) is 0 Å². The molecule has 0 amide bonds. The van der Waals surface area contributed by atoms with Gasteiger partial charge in [-0.2, -0.15) is 9.29 Å². The summed E-state index contributed by atoms with van der Waals surface area (Å²) in [6.45, 7) is 2.69. The fourth-order valence-electron chi connectivity index (χ4n) is 2.89. The van der Waals surface area contributed by atoms with Gasteiger partial charge in [0.1, 0.15) is 17.5 Å². The Bertz CT molecular complexity index is 924. The van der Waals surface area contributed by atoms with Crippen molar-refractivity contribution in [1.82, 2.24) is 14.3 Å². The summed E-state index contributed by atoms with van der Waals surface area (Å²) >= 11 is 0. The van der Waals surface area contributed by atoms with Gasteiger partial charge in [0.25, 0.3) is 0 Å². The number of aryl methyl sites for hydroxylation is 1. The van der Waals surface area contributed by atoms with Crippen molar-refractivity contribution in [2.45, 2.75) is 11.8 Å². The predicted molar refractivity (Wildman–Crippen MR) is 98.4 cm³/mol. The van der Waals surface area contributed by atoms with Gasteiger partial charge in [-0.3, -0.25) is 0 Å². The third-order valence-electron chi connectivity index (χ3n) is 4.33. The highest BCUT2D eigenvalue weighted by Gasteiger charge is 2.33. The van der Waals surface area contributed by atoms with E-state index in [-0.39, 0.29) is 13.1 Å². The first kappa shape index (κ1) is 19.4. The van der Waals surface area contributed by atoms with Crippen LogP contribution in [0.5, 0.6) is 0 Å². The van der Waals surface area contributed by atoms with Crippen molar-refractivity contribution in [3.8, 4) is 0 Å². The summed E-state index contributed by atoms with van der Waals surface area (Å²) in [5.41, 5.74) is 0.798. The second kappa shape index (κ2) is 7.35. The van der Waals surface area contributed by atoms with Crippen LogP contribution in [-0.4, -0.2) is 63.0 Å². The number of benzene rings is 1. The van der Waals surface area contributed by atoms with Crippen LogP contribution in [0.1, 0.15) is 5.69 Å². The molecular weight excluding hydrogens is 376 g/mol. The standard InChI is InChI=1S/C17H21F2N5O2S/c1-12-11-15(22(2)3)21-17(20-12)23-7-9-24(10-8-23)27(25,26)16-13(18)5-4-6-14(16)19/h4-6,11H,7-10H2,1-3H3. The molecule has 0 saturated carbocycles. The average molecular weight is 397 g/mol. The van der Waals surface area contributed by atoms with Crippen molar-refractivity contribution in [2.75, 3.05) is 50.1 Å². The van der Waals surface area contributed by atoms with E-state index >= 15 is 0 Å². The summed E-state index contributed by atoms with van der Waals surface area (Å²) < 4.78 is 54.3. The van der Waals surface area contributed by atoms with E-state index in [9.17, 15) is 17.2 Å². The van der Waals surface area contributed by atoms with Gasteiger partial charge in [-0.15, -0.1) is 0 Å². The lowest BCUT2D eigenvalue weighted by Gasteiger charge is -2.34. The van der Waals surface area contributed by atoms with Crippen LogP contribution in [0, 0.1) is 18.6 Å². The van der Waals surface area contributed by atoms with Crippen LogP contribution < -0.4 is 9.80 Å². The molecule has 7 nitrogen and oxygen atoms in total. The van der Waals surface area contributed by atoms with Gasteiger partial charge in [-0.05, 0) is 19.1 Å². The number of sulfonamides is 1. The number of piperazine rings is 1. The normalized spacial score (nSPS) is 15.8. The van der Waals surface area contributed by atoms with Crippen LogP contribution in [-0.2, 0) is 10.0 Å². The Balaban J connectivity index is 1.80. The van der Waals surface area contributed by atoms with Gasteiger partial charge in [-0.1, -0.05) is 6.07 Å². The van der Waals surface area contributed by atoms with Crippen LogP contribution in [0.15, 0.2) is 29.2 Å². The van der Waals surface area contributed by atoms with Crippen LogP contribution in [0.2, 0.25) is 0 Å². The molecule has 0 N–H and O–H groups in total. The first-order valence-corrected chi connectivity index (χ1v) is 9.86. The third-order valence-corrected chi connectivity index (χ3v) is 6.28. The van der Waals surface area contributed by atoms with Crippen LogP contribution in [0.4, 0.5) is 20.5 Å². The van der Waals surface area contributed by atoms with Crippen molar-refractivity contribution >= 4 is 21.8 Å². The first-order valence-electron chi connectivity index (χ1n) is 8.42. The van der Waals surface area contributed by atoms with E-state index in [1.165, 1.54) is 0 Å². The van der Waals surface area contributed by atoms with E-state index < -0.39 is 26.6 Å². The Morgan fingerprint density at radius 1 is 1.04 bits per heavy atom. The molecule has 3 rings (SSSR count). The molecule has 1 aliphatic rings. The van der Waals surface area contributed by atoms with Crippen molar-refractivity contribution in [2.24, 2.45) is 0 Å². The molecule has 0 bridgehead atoms. The van der Waals surface area contributed by atoms with E-state index in [0.29, 0.717) is 19.0 Å². The number of halogens is 2. The molecule has 0 aliphatic carbocycles.